The monoisotopic (exact) mass is 377 g/mol. The summed E-state index contributed by atoms with van der Waals surface area (Å²) >= 11 is 0. The van der Waals surface area contributed by atoms with Crippen LogP contribution in [0.5, 0.6) is 0 Å². The van der Waals surface area contributed by atoms with E-state index in [1.165, 1.54) is 0 Å². The van der Waals surface area contributed by atoms with Crippen molar-refractivity contribution in [2.75, 3.05) is 25.0 Å². The molecule has 3 rings (SSSR count). The molecule has 0 saturated heterocycles. The Hall–Kier alpha value is -3.28. The van der Waals surface area contributed by atoms with Crippen molar-refractivity contribution in [2.24, 2.45) is 4.99 Å². The van der Waals surface area contributed by atoms with Crippen molar-refractivity contribution in [2.45, 2.75) is 19.9 Å². The van der Waals surface area contributed by atoms with Crippen LogP contribution in [0.25, 0.3) is 11.5 Å². The molecular formula is C22H27N5O. The molecule has 0 unspecified atom stereocenters. The molecule has 2 aromatic carbocycles. The van der Waals surface area contributed by atoms with E-state index in [0.717, 1.165) is 49.0 Å². The van der Waals surface area contributed by atoms with Gasteiger partial charge in [-0.25, -0.2) is 9.98 Å². The zero-order valence-electron chi connectivity index (χ0n) is 16.2. The van der Waals surface area contributed by atoms with Gasteiger partial charge in [0.05, 0.1) is 6.54 Å². The van der Waals surface area contributed by atoms with Gasteiger partial charge in [-0.15, -0.1) is 0 Å². The third kappa shape index (κ3) is 6.16. The average molecular weight is 377 g/mol. The van der Waals surface area contributed by atoms with E-state index in [4.69, 9.17) is 4.42 Å². The highest BCUT2D eigenvalue weighted by Crippen LogP contribution is 2.18. The van der Waals surface area contributed by atoms with Gasteiger partial charge in [-0.3, -0.25) is 0 Å². The minimum atomic E-state index is 0.466. The Morgan fingerprint density at radius 2 is 1.71 bits per heavy atom. The highest BCUT2D eigenvalue weighted by atomic mass is 16.3. The Morgan fingerprint density at radius 3 is 2.46 bits per heavy atom. The molecule has 0 saturated carbocycles. The Kier molecular flexibility index (Phi) is 7.49. The van der Waals surface area contributed by atoms with E-state index in [1.54, 1.807) is 6.26 Å². The number of anilines is 1. The van der Waals surface area contributed by atoms with Crippen molar-refractivity contribution in [3.63, 3.8) is 0 Å². The lowest BCUT2D eigenvalue weighted by molar-refractivity contribution is 0.572. The zero-order valence-corrected chi connectivity index (χ0v) is 16.2. The number of nitrogens with zero attached hydrogens (tertiary/aromatic N) is 2. The van der Waals surface area contributed by atoms with E-state index in [1.807, 2.05) is 48.5 Å². The SMILES string of the molecule is CCNC(=NCc1coc(-c2ccccc2)n1)NCCCNc1ccccc1. The van der Waals surface area contributed by atoms with Crippen LogP contribution in [0.4, 0.5) is 5.69 Å². The summed E-state index contributed by atoms with van der Waals surface area (Å²) in [5.41, 5.74) is 2.92. The first-order valence-corrected chi connectivity index (χ1v) is 9.66. The molecule has 146 valence electrons. The van der Waals surface area contributed by atoms with E-state index in [2.05, 4.69) is 45.0 Å². The van der Waals surface area contributed by atoms with Crippen LogP contribution in [0, 0.1) is 0 Å². The minimum Gasteiger partial charge on any atom is -0.444 e. The third-order valence-electron chi connectivity index (χ3n) is 4.06. The highest BCUT2D eigenvalue weighted by molar-refractivity contribution is 5.79. The summed E-state index contributed by atoms with van der Waals surface area (Å²) in [4.78, 5) is 9.11. The fraction of sp³-hybridized carbons (Fsp3) is 0.273. The molecule has 0 spiro atoms. The molecule has 0 atom stereocenters. The van der Waals surface area contributed by atoms with E-state index >= 15 is 0 Å². The molecule has 0 aliphatic heterocycles. The van der Waals surface area contributed by atoms with Gasteiger partial charge in [0.2, 0.25) is 5.89 Å². The number of aromatic nitrogens is 1. The smallest absolute Gasteiger partial charge is 0.226 e. The Balaban J connectivity index is 1.45. The molecule has 1 heterocycles. The predicted molar refractivity (Wildman–Crippen MR) is 114 cm³/mol. The lowest BCUT2D eigenvalue weighted by atomic mass is 10.2. The predicted octanol–water partition coefficient (Wildman–Crippen LogP) is 3.90. The summed E-state index contributed by atoms with van der Waals surface area (Å²) in [5.74, 6) is 1.40. The first-order chi connectivity index (χ1) is 13.8. The lowest BCUT2D eigenvalue weighted by Crippen LogP contribution is -2.38. The molecule has 0 radical (unpaired) electrons. The van der Waals surface area contributed by atoms with Gasteiger partial charge in [0.15, 0.2) is 5.96 Å². The summed E-state index contributed by atoms with van der Waals surface area (Å²) in [7, 11) is 0. The molecule has 6 nitrogen and oxygen atoms in total. The number of hydrogen-bond acceptors (Lipinski definition) is 4. The van der Waals surface area contributed by atoms with Gasteiger partial charge in [-0.2, -0.15) is 0 Å². The Labute approximate surface area is 166 Å². The number of nitrogens with one attached hydrogen (secondary N) is 3. The number of hydrogen-bond donors (Lipinski definition) is 3. The maximum atomic E-state index is 5.57. The van der Waals surface area contributed by atoms with Gasteiger partial charge >= 0.3 is 0 Å². The number of guanidine groups is 1. The second kappa shape index (κ2) is 10.8. The van der Waals surface area contributed by atoms with Crippen molar-refractivity contribution >= 4 is 11.6 Å². The molecule has 0 fully saturated rings. The van der Waals surface area contributed by atoms with Gasteiger partial charge in [-0.1, -0.05) is 36.4 Å². The highest BCUT2D eigenvalue weighted by Gasteiger charge is 2.06. The maximum Gasteiger partial charge on any atom is 0.226 e. The molecular weight excluding hydrogens is 350 g/mol. The second-order valence-corrected chi connectivity index (χ2v) is 6.28. The largest absolute Gasteiger partial charge is 0.444 e. The topological polar surface area (TPSA) is 74.5 Å². The van der Waals surface area contributed by atoms with Crippen LogP contribution in [0.15, 0.2) is 76.3 Å². The van der Waals surface area contributed by atoms with Crippen LogP contribution in [0.2, 0.25) is 0 Å². The number of rotatable bonds is 9. The first kappa shape index (κ1) is 19.5. The van der Waals surface area contributed by atoms with E-state index in [-0.39, 0.29) is 0 Å². The molecule has 0 bridgehead atoms. The van der Waals surface area contributed by atoms with Gasteiger partial charge in [0.1, 0.15) is 12.0 Å². The lowest BCUT2D eigenvalue weighted by Gasteiger charge is -2.11. The molecule has 6 heteroatoms. The van der Waals surface area contributed by atoms with Gasteiger partial charge in [0.25, 0.3) is 0 Å². The van der Waals surface area contributed by atoms with E-state index in [0.29, 0.717) is 12.4 Å². The fourth-order valence-corrected chi connectivity index (χ4v) is 2.68. The normalized spacial score (nSPS) is 11.2. The van der Waals surface area contributed by atoms with Gasteiger partial charge < -0.3 is 20.4 Å². The van der Waals surface area contributed by atoms with E-state index < -0.39 is 0 Å². The molecule has 0 aliphatic rings. The minimum absolute atomic E-state index is 0.466. The van der Waals surface area contributed by atoms with Crippen molar-refractivity contribution in [3.8, 4) is 11.5 Å². The second-order valence-electron chi connectivity index (χ2n) is 6.28. The zero-order chi connectivity index (χ0) is 19.4. The van der Waals surface area contributed by atoms with Crippen LogP contribution in [0.3, 0.4) is 0 Å². The average Bonchev–Trinajstić information content (AvgIpc) is 3.22. The molecule has 3 aromatic rings. The van der Waals surface area contributed by atoms with Crippen LogP contribution >= 0.6 is 0 Å². The molecule has 0 aliphatic carbocycles. The van der Waals surface area contributed by atoms with E-state index in [9.17, 15) is 0 Å². The molecule has 3 N–H and O–H groups in total. The third-order valence-corrected chi connectivity index (χ3v) is 4.06. The summed E-state index contributed by atoms with van der Waals surface area (Å²) in [5, 5.41) is 10.0. The summed E-state index contributed by atoms with van der Waals surface area (Å²) < 4.78 is 5.57. The molecule has 0 amide bonds. The van der Waals surface area contributed by atoms with Crippen molar-refractivity contribution in [1.82, 2.24) is 15.6 Å². The molecule has 28 heavy (non-hydrogen) atoms. The number of oxazole rings is 1. The number of benzene rings is 2. The van der Waals surface area contributed by atoms with Crippen LogP contribution in [-0.2, 0) is 6.54 Å². The quantitative estimate of drug-likeness (QED) is 0.300. The summed E-state index contributed by atoms with van der Waals surface area (Å²) in [6, 6.07) is 20.1. The fourth-order valence-electron chi connectivity index (χ4n) is 2.68. The number of para-hydroxylation sites is 1. The van der Waals surface area contributed by atoms with Crippen LogP contribution in [0.1, 0.15) is 19.0 Å². The standard InChI is InChI=1S/C22H27N5O/c1-2-23-22(25-15-9-14-24-19-12-7-4-8-13-19)26-16-20-17-28-21(27-20)18-10-5-3-6-11-18/h3-8,10-13,17,24H,2,9,14-16H2,1H3,(H2,23,25,26). The Morgan fingerprint density at radius 1 is 0.964 bits per heavy atom. The molecule has 1 aromatic heterocycles. The first-order valence-electron chi connectivity index (χ1n) is 9.66. The van der Waals surface area contributed by atoms with Crippen LogP contribution in [-0.4, -0.2) is 30.6 Å². The van der Waals surface area contributed by atoms with Crippen molar-refractivity contribution in [1.29, 1.82) is 0 Å². The van der Waals surface area contributed by atoms with Gasteiger partial charge in [-0.05, 0) is 37.6 Å². The van der Waals surface area contributed by atoms with Gasteiger partial charge in [0, 0.05) is 30.9 Å². The Bertz CT molecular complexity index is 846. The van der Waals surface area contributed by atoms with Crippen LogP contribution < -0.4 is 16.0 Å². The maximum absolute atomic E-state index is 5.57. The van der Waals surface area contributed by atoms with Crippen molar-refractivity contribution < 1.29 is 4.42 Å². The number of aliphatic imine (C=N–C) groups is 1. The van der Waals surface area contributed by atoms with Crippen molar-refractivity contribution in [3.05, 3.63) is 72.6 Å². The summed E-state index contributed by atoms with van der Waals surface area (Å²) in [6.07, 6.45) is 2.65. The summed E-state index contributed by atoms with van der Waals surface area (Å²) in [6.45, 7) is 5.06.